The summed E-state index contributed by atoms with van der Waals surface area (Å²) in [7, 11) is 4.16. The summed E-state index contributed by atoms with van der Waals surface area (Å²) in [4.78, 5) is 4.45. The molecule has 0 aromatic carbocycles. The van der Waals surface area contributed by atoms with E-state index in [1.54, 1.807) is 0 Å². The molecule has 0 saturated carbocycles. The van der Waals surface area contributed by atoms with E-state index in [1.807, 2.05) is 0 Å². The zero-order valence-electron chi connectivity index (χ0n) is 7.95. The molecule has 1 rings (SSSR count). The van der Waals surface area contributed by atoms with Crippen LogP contribution in [0, 0.1) is 0 Å². The Morgan fingerprint density at radius 2 is 2.17 bits per heavy atom. The Bertz CT molecular complexity index is 185. The molecule has 70 valence electrons. The van der Waals surface area contributed by atoms with Gasteiger partial charge in [-0.2, -0.15) is 0 Å². The normalized spacial score (nSPS) is 15.2. The van der Waals surface area contributed by atoms with Crippen molar-refractivity contribution in [2.75, 3.05) is 27.2 Å². The van der Waals surface area contributed by atoms with Gasteiger partial charge in [0.2, 0.25) is 0 Å². The summed E-state index contributed by atoms with van der Waals surface area (Å²) < 4.78 is 0. The van der Waals surface area contributed by atoms with Crippen LogP contribution < -0.4 is 0 Å². The van der Waals surface area contributed by atoms with Gasteiger partial charge >= 0.3 is 0 Å². The number of nitrogens with zero attached hydrogens (tertiary/aromatic N) is 2. The lowest BCUT2D eigenvalue weighted by Gasteiger charge is -2.27. The summed E-state index contributed by atoms with van der Waals surface area (Å²) in [5, 5.41) is 0. The Morgan fingerprint density at radius 1 is 1.50 bits per heavy atom. The third-order valence-corrected chi connectivity index (χ3v) is 1.93. The molecule has 0 aromatic heterocycles. The Morgan fingerprint density at radius 3 is 2.67 bits per heavy atom. The van der Waals surface area contributed by atoms with Gasteiger partial charge < -0.3 is 9.80 Å². The van der Waals surface area contributed by atoms with E-state index in [1.165, 1.54) is 5.70 Å². The van der Waals surface area contributed by atoms with Crippen molar-refractivity contribution in [3.05, 3.63) is 24.0 Å². The maximum absolute atomic E-state index is 2.29. The molecule has 0 N–H and O–H groups in total. The highest BCUT2D eigenvalue weighted by Crippen LogP contribution is 2.08. The van der Waals surface area contributed by atoms with Crippen molar-refractivity contribution < 1.29 is 0 Å². The van der Waals surface area contributed by atoms with Crippen LogP contribution in [0.25, 0.3) is 0 Å². The summed E-state index contributed by atoms with van der Waals surface area (Å²) in [6, 6.07) is 0. The molecule has 0 atom stereocenters. The maximum atomic E-state index is 2.29. The van der Waals surface area contributed by atoms with Crippen molar-refractivity contribution in [1.82, 2.24) is 9.80 Å². The number of likely N-dealkylation sites (N-methyl/N-ethyl adjacent to an activating group) is 2. The minimum Gasteiger partial charge on any atom is -0.379 e. The fraction of sp³-hybridized carbons (Fsp3) is 0.556. The molecule has 1 aliphatic heterocycles. The molecule has 0 aliphatic carbocycles. The molecule has 0 radical (unpaired) electrons. The maximum Gasteiger partial charge on any atom is 0.0572 e. The zero-order chi connectivity index (χ0) is 8.27. The lowest BCUT2D eigenvalue weighted by molar-refractivity contribution is 0.367. The van der Waals surface area contributed by atoms with Gasteiger partial charge in [-0.25, -0.2) is 0 Å². The number of hydrogen-bond acceptors (Lipinski definition) is 2. The molecule has 0 spiro atoms. The summed E-state index contributed by atoms with van der Waals surface area (Å²) in [5.74, 6) is 0. The second-order valence-corrected chi connectivity index (χ2v) is 2.96. The van der Waals surface area contributed by atoms with E-state index in [4.69, 9.17) is 0 Å². The smallest absolute Gasteiger partial charge is 0.0572 e. The Labute approximate surface area is 80.9 Å². The van der Waals surface area contributed by atoms with Crippen molar-refractivity contribution >= 4 is 12.4 Å². The second kappa shape index (κ2) is 5.09. The van der Waals surface area contributed by atoms with Gasteiger partial charge in [0.05, 0.1) is 6.54 Å². The van der Waals surface area contributed by atoms with Crippen molar-refractivity contribution in [3.8, 4) is 0 Å². The quantitative estimate of drug-likeness (QED) is 0.651. The van der Waals surface area contributed by atoms with E-state index < -0.39 is 0 Å². The van der Waals surface area contributed by atoms with E-state index in [-0.39, 0.29) is 12.4 Å². The van der Waals surface area contributed by atoms with Gasteiger partial charge in [0.1, 0.15) is 0 Å². The minimum absolute atomic E-state index is 0. The summed E-state index contributed by atoms with van der Waals surface area (Å²) in [6.07, 6.45) is 6.39. The van der Waals surface area contributed by atoms with Gasteiger partial charge in [0.15, 0.2) is 0 Å². The van der Waals surface area contributed by atoms with Crippen LogP contribution in [0.4, 0.5) is 0 Å². The van der Waals surface area contributed by atoms with E-state index in [2.05, 4.69) is 49.2 Å². The molecule has 0 fully saturated rings. The van der Waals surface area contributed by atoms with E-state index in [9.17, 15) is 0 Å². The first-order valence-electron chi connectivity index (χ1n) is 4.02. The third kappa shape index (κ3) is 2.78. The predicted octanol–water partition coefficient (Wildman–Crippen LogP) is 1.70. The van der Waals surface area contributed by atoms with Crippen LogP contribution in [0.1, 0.15) is 6.92 Å². The number of hydrogen-bond donors (Lipinski definition) is 0. The molecule has 0 bridgehead atoms. The number of halogens is 1. The Kier molecular flexibility index (Phi) is 4.83. The largest absolute Gasteiger partial charge is 0.379 e. The van der Waals surface area contributed by atoms with Crippen LogP contribution in [-0.2, 0) is 0 Å². The Balaban J connectivity index is 0.00000121. The average Bonchev–Trinajstić information content (AvgIpc) is 2.05. The first-order valence-corrected chi connectivity index (χ1v) is 4.02. The van der Waals surface area contributed by atoms with E-state index in [0.29, 0.717) is 0 Å². The van der Waals surface area contributed by atoms with Crippen LogP contribution in [0.5, 0.6) is 0 Å². The van der Waals surface area contributed by atoms with Crippen molar-refractivity contribution in [2.24, 2.45) is 0 Å². The number of rotatable bonds is 2. The number of allylic oxidation sites excluding steroid dienone is 2. The van der Waals surface area contributed by atoms with Gasteiger partial charge in [-0.3, -0.25) is 0 Å². The molecule has 0 amide bonds. The first-order chi connectivity index (χ1) is 5.24. The minimum atomic E-state index is 0. The lowest BCUT2D eigenvalue weighted by Crippen LogP contribution is -2.27. The monoisotopic (exact) mass is 188 g/mol. The van der Waals surface area contributed by atoms with Crippen LogP contribution in [-0.4, -0.2) is 37.0 Å². The first kappa shape index (κ1) is 11.4. The van der Waals surface area contributed by atoms with Crippen molar-refractivity contribution in [1.29, 1.82) is 0 Å². The zero-order valence-corrected chi connectivity index (χ0v) is 8.77. The highest BCUT2D eigenvalue weighted by Gasteiger charge is 2.05. The van der Waals surface area contributed by atoms with Crippen LogP contribution in [0.2, 0.25) is 0 Å². The molecular formula is C9H17ClN2. The molecular weight excluding hydrogens is 172 g/mol. The summed E-state index contributed by atoms with van der Waals surface area (Å²) in [6.45, 7) is 4.30. The van der Waals surface area contributed by atoms with E-state index in [0.717, 1.165) is 13.1 Å². The summed E-state index contributed by atoms with van der Waals surface area (Å²) >= 11 is 0. The van der Waals surface area contributed by atoms with Gasteiger partial charge in [-0.15, -0.1) is 12.4 Å². The van der Waals surface area contributed by atoms with Crippen molar-refractivity contribution in [2.45, 2.75) is 6.92 Å². The van der Waals surface area contributed by atoms with Gasteiger partial charge in [-0.05, 0) is 25.3 Å². The molecule has 0 aromatic rings. The second-order valence-electron chi connectivity index (χ2n) is 2.96. The van der Waals surface area contributed by atoms with Crippen LogP contribution in [0.3, 0.4) is 0 Å². The molecule has 0 saturated heterocycles. The molecule has 1 heterocycles. The molecule has 12 heavy (non-hydrogen) atoms. The lowest BCUT2D eigenvalue weighted by atomic mass is 10.3. The van der Waals surface area contributed by atoms with Gasteiger partial charge in [-0.1, -0.05) is 0 Å². The van der Waals surface area contributed by atoms with Gasteiger partial charge in [0, 0.05) is 26.3 Å². The average molecular weight is 189 g/mol. The highest BCUT2D eigenvalue weighted by molar-refractivity contribution is 5.85. The molecule has 3 heteroatoms. The van der Waals surface area contributed by atoms with E-state index >= 15 is 0 Å². The van der Waals surface area contributed by atoms with Crippen LogP contribution >= 0.6 is 12.4 Å². The third-order valence-electron chi connectivity index (χ3n) is 1.93. The van der Waals surface area contributed by atoms with Crippen molar-refractivity contribution in [3.63, 3.8) is 0 Å². The summed E-state index contributed by atoms with van der Waals surface area (Å²) in [5.41, 5.74) is 1.37. The standard InChI is InChI=1S/C9H16N2.ClH/c1-4-11-7-5-6-9(8-11)10(2)3;/h5-7H,4,8H2,1-3H3;1H. The van der Waals surface area contributed by atoms with Gasteiger partial charge in [0.25, 0.3) is 0 Å². The SMILES string of the molecule is CCN1C=CC=C(N(C)C)C1.Cl. The topological polar surface area (TPSA) is 6.48 Å². The Hall–Kier alpha value is -0.630. The fourth-order valence-corrected chi connectivity index (χ4v) is 1.10. The predicted molar refractivity (Wildman–Crippen MR) is 55.4 cm³/mol. The fourth-order valence-electron chi connectivity index (χ4n) is 1.10. The molecule has 0 unspecified atom stereocenters. The molecule has 1 aliphatic rings. The van der Waals surface area contributed by atoms with Crippen LogP contribution in [0.15, 0.2) is 24.0 Å². The highest BCUT2D eigenvalue weighted by atomic mass is 35.5. The molecule has 2 nitrogen and oxygen atoms in total.